The van der Waals surface area contributed by atoms with Crippen molar-refractivity contribution < 1.29 is 4.79 Å². The lowest BCUT2D eigenvalue weighted by atomic mass is 10.1. The maximum absolute atomic E-state index is 11.3. The lowest BCUT2D eigenvalue weighted by Gasteiger charge is -2.11. The molecule has 0 aliphatic rings. The van der Waals surface area contributed by atoms with Crippen LogP contribution in [0.5, 0.6) is 0 Å². The third kappa shape index (κ3) is 3.92. The Morgan fingerprint density at radius 2 is 1.50 bits per heavy atom. The minimum Gasteiger partial charge on any atom is -0.338 e. The van der Waals surface area contributed by atoms with Gasteiger partial charge in [0.1, 0.15) is 5.82 Å². The average molecular weight is 386 g/mol. The number of thiocarbonyl (C=S) groups is 1. The number of carbonyl (C=O) groups excluding carboxylic acids is 1. The Labute approximate surface area is 167 Å². The van der Waals surface area contributed by atoms with E-state index in [0.29, 0.717) is 10.7 Å². The van der Waals surface area contributed by atoms with E-state index in [-0.39, 0.29) is 5.78 Å². The Bertz CT molecular complexity index is 1110. The molecule has 5 nitrogen and oxygen atoms in total. The van der Waals surface area contributed by atoms with Gasteiger partial charge in [0, 0.05) is 22.5 Å². The molecule has 0 radical (unpaired) electrons. The van der Waals surface area contributed by atoms with E-state index < -0.39 is 0 Å². The lowest BCUT2D eigenvalue weighted by molar-refractivity contribution is 0.101. The van der Waals surface area contributed by atoms with Crippen molar-refractivity contribution in [2.45, 2.75) is 6.92 Å². The summed E-state index contributed by atoms with van der Waals surface area (Å²) in [6.07, 6.45) is 0. The maximum Gasteiger partial charge on any atom is 0.175 e. The third-order valence-electron chi connectivity index (χ3n) is 4.35. The molecule has 6 heteroatoms. The number of nitrogens with one attached hydrogen (secondary N) is 3. The topological polar surface area (TPSA) is 69.8 Å². The predicted molar refractivity (Wildman–Crippen MR) is 118 cm³/mol. The van der Waals surface area contributed by atoms with E-state index >= 15 is 0 Å². The molecule has 1 aromatic heterocycles. The van der Waals surface area contributed by atoms with Gasteiger partial charge >= 0.3 is 0 Å². The summed E-state index contributed by atoms with van der Waals surface area (Å²) in [7, 11) is 0. The first-order valence-corrected chi connectivity index (χ1v) is 9.23. The average Bonchev–Trinajstić information content (AvgIpc) is 3.13. The molecular weight excluding hydrogens is 368 g/mol. The number of carbonyl (C=O) groups is 1. The van der Waals surface area contributed by atoms with Crippen molar-refractivity contribution in [3.8, 4) is 11.4 Å². The Morgan fingerprint density at radius 1 is 0.893 bits per heavy atom. The molecule has 0 aliphatic carbocycles. The third-order valence-corrected chi connectivity index (χ3v) is 4.56. The van der Waals surface area contributed by atoms with Crippen molar-refractivity contribution in [1.29, 1.82) is 0 Å². The summed E-state index contributed by atoms with van der Waals surface area (Å²) in [6, 6.07) is 23.0. The van der Waals surface area contributed by atoms with Crippen LogP contribution in [0.2, 0.25) is 0 Å². The van der Waals surface area contributed by atoms with E-state index in [1.807, 2.05) is 60.7 Å². The number of H-pyrrole nitrogens is 1. The molecule has 1 heterocycles. The molecule has 0 unspecified atom stereocenters. The van der Waals surface area contributed by atoms with E-state index in [1.54, 1.807) is 19.1 Å². The van der Waals surface area contributed by atoms with Gasteiger partial charge in [0.15, 0.2) is 10.9 Å². The highest BCUT2D eigenvalue weighted by atomic mass is 32.1. The number of fused-ring (bicyclic) bond motifs is 1. The number of ketones is 1. The van der Waals surface area contributed by atoms with Crippen LogP contribution < -0.4 is 10.6 Å². The van der Waals surface area contributed by atoms with Gasteiger partial charge in [-0.25, -0.2) is 4.98 Å². The largest absolute Gasteiger partial charge is 0.338 e. The van der Waals surface area contributed by atoms with Gasteiger partial charge in [-0.1, -0.05) is 12.1 Å². The van der Waals surface area contributed by atoms with Crippen LogP contribution in [0.15, 0.2) is 72.8 Å². The van der Waals surface area contributed by atoms with Crippen molar-refractivity contribution in [2.75, 3.05) is 10.6 Å². The number of Topliss-reactive ketones (excluding diaryl/α,β-unsaturated/α-hetero) is 1. The fourth-order valence-electron chi connectivity index (χ4n) is 2.88. The number of benzene rings is 3. The van der Waals surface area contributed by atoms with Gasteiger partial charge in [0.25, 0.3) is 0 Å². The van der Waals surface area contributed by atoms with Gasteiger partial charge in [-0.15, -0.1) is 0 Å². The predicted octanol–water partition coefficient (Wildman–Crippen LogP) is 5.24. The number of rotatable bonds is 4. The molecule has 0 spiro atoms. The minimum absolute atomic E-state index is 0.0387. The molecule has 0 atom stereocenters. The number of hydrogen-bond donors (Lipinski definition) is 3. The number of nitrogens with zero attached hydrogens (tertiary/aromatic N) is 1. The summed E-state index contributed by atoms with van der Waals surface area (Å²) in [5.41, 5.74) is 5.33. The number of aromatic amines is 1. The molecule has 0 saturated heterocycles. The van der Waals surface area contributed by atoms with Crippen LogP contribution in [0.1, 0.15) is 17.3 Å². The Balaban J connectivity index is 1.42. The summed E-state index contributed by atoms with van der Waals surface area (Å²) < 4.78 is 0. The zero-order valence-corrected chi connectivity index (χ0v) is 16.0. The quantitative estimate of drug-likeness (QED) is 0.330. The Kier molecular flexibility index (Phi) is 4.87. The van der Waals surface area contributed by atoms with E-state index in [4.69, 9.17) is 12.2 Å². The highest BCUT2D eigenvalue weighted by Crippen LogP contribution is 2.22. The van der Waals surface area contributed by atoms with Gasteiger partial charge in [0.2, 0.25) is 0 Å². The molecule has 3 N–H and O–H groups in total. The zero-order valence-electron chi connectivity index (χ0n) is 15.2. The van der Waals surface area contributed by atoms with E-state index in [2.05, 4.69) is 20.6 Å². The molecule has 28 heavy (non-hydrogen) atoms. The van der Waals surface area contributed by atoms with Gasteiger partial charge in [-0.3, -0.25) is 4.79 Å². The van der Waals surface area contributed by atoms with E-state index in [9.17, 15) is 4.79 Å². The number of hydrogen-bond acceptors (Lipinski definition) is 3. The molecule has 0 fully saturated rings. The van der Waals surface area contributed by atoms with Crippen LogP contribution in [0.3, 0.4) is 0 Å². The minimum atomic E-state index is 0.0387. The van der Waals surface area contributed by atoms with Crippen molar-refractivity contribution >= 4 is 45.5 Å². The van der Waals surface area contributed by atoms with Crippen LogP contribution in [0, 0.1) is 0 Å². The van der Waals surface area contributed by atoms with Crippen LogP contribution in [0.4, 0.5) is 11.4 Å². The zero-order chi connectivity index (χ0) is 19.5. The Hall–Kier alpha value is -3.51. The summed E-state index contributed by atoms with van der Waals surface area (Å²) in [5.74, 6) is 0.871. The van der Waals surface area contributed by atoms with E-state index in [1.165, 1.54) is 0 Å². The molecule has 0 amide bonds. The van der Waals surface area contributed by atoms with Gasteiger partial charge < -0.3 is 15.6 Å². The van der Waals surface area contributed by atoms with Crippen molar-refractivity contribution in [3.63, 3.8) is 0 Å². The fraction of sp³-hybridized carbons (Fsp3) is 0.0455. The molecule has 3 aromatic carbocycles. The molecular formula is C22H18N4OS. The highest BCUT2D eigenvalue weighted by molar-refractivity contribution is 7.80. The summed E-state index contributed by atoms with van der Waals surface area (Å²) in [4.78, 5) is 19.3. The van der Waals surface area contributed by atoms with Gasteiger partial charge in [-0.05, 0) is 79.8 Å². The smallest absolute Gasteiger partial charge is 0.175 e. The van der Waals surface area contributed by atoms with Crippen LogP contribution in [0.25, 0.3) is 22.4 Å². The number of para-hydroxylation sites is 2. The molecule has 0 aliphatic heterocycles. The first kappa shape index (κ1) is 17.9. The highest BCUT2D eigenvalue weighted by Gasteiger charge is 2.06. The lowest BCUT2D eigenvalue weighted by Crippen LogP contribution is -2.19. The van der Waals surface area contributed by atoms with Crippen LogP contribution >= 0.6 is 12.2 Å². The summed E-state index contributed by atoms with van der Waals surface area (Å²) in [6.45, 7) is 1.55. The Morgan fingerprint density at radius 3 is 2.11 bits per heavy atom. The number of imidazole rings is 1. The molecule has 0 bridgehead atoms. The fourth-order valence-corrected chi connectivity index (χ4v) is 3.12. The van der Waals surface area contributed by atoms with Crippen molar-refractivity contribution in [3.05, 3.63) is 78.4 Å². The molecule has 4 rings (SSSR count). The second-order valence-corrected chi connectivity index (χ2v) is 6.80. The molecule has 4 aromatic rings. The summed E-state index contributed by atoms with van der Waals surface area (Å²) >= 11 is 5.36. The van der Waals surface area contributed by atoms with Crippen molar-refractivity contribution in [1.82, 2.24) is 9.97 Å². The van der Waals surface area contributed by atoms with Crippen LogP contribution in [-0.2, 0) is 0 Å². The monoisotopic (exact) mass is 386 g/mol. The molecule has 138 valence electrons. The standard InChI is InChI=1S/C22H18N4OS/c1-14(27)15-6-10-17(11-7-15)23-22(28)24-18-12-8-16(9-13-18)21-25-19-4-2-3-5-20(19)26-21/h2-13H,1H3,(H,25,26)(H2,23,24,28). The van der Waals surface area contributed by atoms with E-state index in [0.717, 1.165) is 33.8 Å². The number of aromatic nitrogens is 2. The molecule has 0 saturated carbocycles. The second-order valence-electron chi connectivity index (χ2n) is 6.39. The second kappa shape index (κ2) is 7.62. The van der Waals surface area contributed by atoms with Gasteiger partial charge in [0.05, 0.1) is 11.0 Å². The van der Waals surface area contributed by atoms with Gasteiger partial charge in [-0.2, -0.15) is 0 Å². The van der Waals surface area contributed by atoms with Crippen molar-refractivity contribution in [2.24, 2.45) is 0 Å². The number of anilines is 2. The SMILES string of the molecule is CC(=O)c1ccc(NC(=S)Nc2ccc(-c3nc4ccccc4[nH]3)cc2)cc1. The van der Waals surface area contributed by atoms with Crippen LogP contribution in [-0.4, -0.2) is 20.9 Å². The first-order valence-electron chi connectivity index (χ1n) is 8.83. The first-order chi connectivity index (χ1) is 13.6. The normalized spacial score (nSPS) is 10.6. The maximum atomic E-state index is 11.3. The summed E-state index contributed by atoms with van der Waals surface area (Å²) in [5, 5.41) is 6.75.